The van der Waals surface area contributed by atoms with Crippen LogP contribution in [-0.4, -0.2) is 30.0 Å². The third-order valence-corrected chi connectivity index (χ3v) is 3.59. The summed E-state index contributed by atoms with van der Waals surface area (Å²) in [5.41, 5.74) is 0. The summed E-state index contributed by atoms with van der Waals surface area (Å²) in [6, 6.07) is 0. The van der Waals surface area contributed by atoms with Crippen LogP contribution in [0.2, 0.25) is 0 Å². The van der Waals surface area contributed by atoms with E-state index in [1.54, 1.807) is 13.8 Å². The Morgan fingerprint density at radius 3 is 2.39 bits per heavy atom. The minimum atomic E-state index is -3.95. The second-order valence-electron chi connectivity index (χ2n) is 4.88. The Labute approximate surface area is 121 Å². The van der Waals surface area contributed by atoms with Crippen molar-refractivity contribution in [3.8, 4) is 0 Å². The normalized spacial score (nSPS) is 25.8. The molecule has 1 fully saturated rings. The highest BCUT2D eigenvalue weighted by Crippen LogP contribution is 2.27. The van der Waals surface area contributed by atoms with Crippen LogP contribution in [0.25, 0.3) is 0 Å². The topological polar surface area (TPSA) is 95.7 Å². The molecule has 0 spiro atoms. The lowest BCUT2D eigenvalue weighted by atomic mass is 9.95. The number of ether oxygens (including phenoxy) is 1. The minimum Gasteiger partial charge on any atom is -0.461 e. The Bertz CT molecular complexity index is 403. The van der Waals surface area contributed by atoms with Crippen molar-refractivity contribution in [2.75, 3.05) is 0 Å². The van der Waals surface area contributed by atoms with Gasteiger partial charge in [-0.2, -0.15) is 8.42 Å². The zero-order chi connectivity index (χ0) is 14.0. The molecule has 1 saturated carbocycles. The molecule has 8 heteroatoms. The maximum absolute atomic E-state index is 11.7. The molecule has 0 amide bonds. The number of carbonyl (C=O) groups excluding carboxylic acids is 1. The number of nitrogens with two attached hydrogens (primary N) is 1. The third-order valence-electron chi connectivity index (χ3n) is 2.61. The van der Waals surface area contributed by atoms with E-state index in [0.29, 0.717) is 12.8 Å². The molecule has 1 rings (SSSR count). The summed E-state index contributed by atoms with van der Waals surface area (Å²) in [6.07, 6.45) is 1.66. The van der Waals surface area contributed by atoms with Gasteiger partial charge in [-0.15, -0.1) is 0 Å². The molecular weight excluding hydrogens is 373 g/mol. The van der Waals surface area contributed by atoms with E-state index in [-0.39, 0.29) is 12.1 Å². The van der Waals surface area contributed by atoms with Crippen LogP contribution in [0.15, 0.2) is 0 Å². The molecule has 0 heterocycles. The molecule has 0 aromatic rings. The van der Waals surface area contributed by atoms with Crippen molar-refractivity contribution in [3.63, 3.8) is 0 Å². The molecule has 106 valence electrons. The summed E-state index contributed by atoms with van der Waals surface area (Å²) >= 11 is 2.00. The molecule has 6 nitrogen and oxygen atoms in total. The Kier molecular flexibility index (Phi) is 5.39. The van der Waals surface area contributed by atoms with Crippen LogP contribution in [0.3, 0.4) is 0 Å². The first-order chi connectivity index (χ1) is 8.08. The number of carbonyl (C=O) groups is 1. The molecule has 0 bridgehead atoms. The first-order valence-corrected chi connectivity index (χ1v) is 8.24. The number of esters is 1. The summed E-state index contributed by atoms with van der Waals surface area (Å²) in [6.45, 7) is 3.52. The number of halogens is 1. The van der Waals surface area contributed by atoms with E-state index in [4.69, 9.17) is 14.1 Å². The fourth-order valence-electron chi connectivity index (χ4n) is 1.78. The standard InChI is InChI=1S/C10H18INO5S/c1-10(2,11)9(13)16-7-4-3-5-8(6-7)17-18(12,14)15/h7-8H,3-6H2,1-2H3,(H2,12,14,15). The number of hydrogen-bond donors (Lipinski definition) is 1. The second-order valence-corrected chi connectivity index (χ2v) is 8.75. The van der Waals surface area contributed by atoms with Crippen molar-refractivity contribution in [1.29, 1.82) is 0 Å². The summed E-state index contributed by atoms with van der Waals surface area (Å²) in [7, 11) is -3.95. The van der Waals surface area contributed by atoms with Crippen molar-refractivity contribution in [2.24, 2.45) is 5.14 Å². The molecule has 1 aliphatic carbocycles. The van der Waals surface area contributed by atoms with E-state index < -0.39 is 19.8 Å². The van der Waals surface area contributed by atoms with Crippen molar-refractivity contribution in [3.05, 3.63) is 0 Å². The summed E-state index contributed by atoms with van der Waals surface area (Å²) in [4.78, 5) is 11.7. The Balaban J connectivity index is 2.52. The van der Waals surface area contributed by atoms with Gasteiger partial charge in [0.2, 0.25) is 0 Å². The minimum absolute atomic E-state index is 0.299. The highest BCUT2D eigenvalue weighted by molar-refractivity contribution is 14.1. The Morgan fingerprint density at radius 2 is 1.89 bits per heavy atom. The molecule has 0 aromatic carbocycles. The van der Waals surface area contributed by atoms with Crippen molar-refractivity contribution < 1.29 is 22.1 Å². The van der Waals surface area contributed by atoms with Crippen molar-refractivity contribution in [2.45, 2.75) is 55.2 Å². The monoisotopic (exact) mass is 391 g/mol. The molecule has 2 unspecified atom stereocenters. The first-order valence-electron chi connectivity index (χ1n) is 5.69. The van der Waals surface area contributed by atoms with Gasteiger partial charge in [0.25, 0.3) is 0 Å². The maximum atomic E-state index is 11.7. The molecule has 0 radical (unpaired) electrons. The van der Waals surface area contributed by atoms with Crippen molar-refractivity contribution in [1.82, 2.24) is 0 Å². The highest BCUT2D eigenvalue weighted by Gasteiger charge is 2.32. The molecule has 0 saturated heterocycles. The fourth-order valence-corrected chi connectivity index (χ4v) is 2.46. The first kappa shape index (κ1) is 16.1. The van der Waals surface area contributed by atoms with Gasteiger partial charge < -0.3 is 4.74 Å². The molecule has 2 N–H and O–H groups in total. The smallest absolute Gasteiger partial charge is 0.333 e. The zero-order valence-corrected chi connectivity index (χ0v) is 13.4. The van der Waals surface area contributed by atoms with Gasteiger partial charge in [-0.1, -0.05) is 22.6 Å². The molecular formula is C10H18INO5S. The van der Waals surface area contributed by atoms with Gasteiger partial charge in [0.05, 0.1) is 6.10 Å². The average molecular weight is 391 g/mol. The van der Waals surface area contributed by atoms with Gasteiger partial charge in [-0.3, -0.25) is 8.98 Å². The van der Waals surface area contributed by atoms with Crippen LogP contribution in [0.5, 0.6) is 0 Å². The van der Waals surface area contributed by atoms with Crippen LogP contribution in [0, 0.1) is 0 Å². The second kappa shape index (κ2) is 6.02. The van der Waals surface area contributed by atoms with E-state index >= 15 is 0 Å². The van der Waals surface area contributed by atoms with Gasteiger partial charge in [0, 0.05) is 6.42 Å². The van der Waals surface area contributed by atoms with Crippen LogP contribution >= 0.6 is 22.6 Å². The number of hydrogen-bond acceptors (Lipinski definition) is 5. The predicted octanol–water partition coefficient (Wildman–Crippen LogP) is 1.27. The Hall–Kier alpha value is 0.0700. The average Bonchev–Trinajstić information content (AvgIpc) is 2.13. The third kappa shape index (κ3) is 5.81. The predicted molar refractivity (Wildman–Crippen MR) is 74.4 cm³/mol. The molecule has 2 atom stereocenters. The van der Waals surface area contributed by atoms with Crippen LogP contribution in [-0.2, 0) is 24.0 Å². The molecule has 0 aliphatic heterocycles. The van der Waals surface area contributed by atoms with Crippen LogP contribution < -0.4 is 5.14 Å². The van der Waals surface area contributed by atoms with Gasteiger partial charge in [0.1, 0.15) is 9.53 Å². The van der Waals surface area contributed by atoms with Crippen LogP contribution in [0.1, 0.15) is 39.5 Å². The molecule has 0 aromatic heterocycles. The molecule has 1 aliphatic rings. The quantitative estimate of drug-likeness (QED) is 0.443. The van der Waals surface area contributed by atoms with Gasteiger partial charge in [-0.25, -0.2) is 5.14 Å². The van der Waals surface area contributed by atoms with Gasteiger partial charge in [-0.05, 0) is 33.1 Å². The van der Waals surface area contributed by atoms with Crippen LogP contribution in [0.4, 0.5) is 0 Å². The van der Waals surface area contributed by atoms with Gasteiger partial charge >= 0.3 is 16.3 Å². The largest absolute Gasteiger partial charge is 0.461 e. The summed E-state index contributed by atoms with van der Waals surface area (Å²) < 4.78 is 31.1. The highest BCUT2D eigenvalue weighted by atomic mass is 127. The number of rotatable bonds is 4. The van der Waals surface area contributed by atoms with E-state index in [1.165, 1.54) is 0 Å². The van der Waals surface area contributed by atoms with Gasteiger partial charge in [0.15, 0.2) is 0 Å². The SMILES string of the molecule is CC(C)(I)C(=O)OC1CCCC(OS(N)(=O)=O)C1. The Morgan fingerprint density at radius 1 is 1.33 bits per heavy atom. The lowest BCUT2D eigenvalue weighted by molar-refractivity contribution is -0.153. The van der Waals surface area contributed by atoms with E-state index in [2.05, 4.69) is 0 Å². The van der Waals surface area contributed by atoms with Crippen molar-refractivity contribution >= 4 is 38.9 Å². The summed E-state index contributed by atoms with van der Waals surface area (Å²) in [5, 5.41) is 4.82. The van der Waals surface area contributed by atoms with E-state index in [9.17, 15) is 13.2 Å². The zero-order valence-electron chi connectivity index (χ0n) is 10.4. The lowest BCUT2D eigenvalue weighted by Crippen LogP contribution is -2.36. The summed E-state index contributed by atoms with van der Waals surface area (Å²) in [5.74, 6) is -0.302. The fraction of sp³-hybridized carbons (Fsp3) is 0.900. The lowest BCUT2D eigenvalue weighted by Gasteiger charge is -2.29. The van der Waals surface area contributed by atoms with E-state index in [1.807, 2.05) is 22.6 Å². The molecule has 18 heavy (non-hydrogen) atoms. The number of alkyl halides is 1. The maximum Gasteiger partial charge on any atom is 0.333 e. The van der Waals surface area contributed by atoms with E-state index in [0.717, 1.165) is 12.8 Å².